The number of nitrogens with one attached hydrogen (secondary N) is 1. The summed E-state index contributed by atoms with van der Waals surface area (Å²) in [6, 6.07) is 11.0. The van der Waals surface area contributed by atoms with Gasteiger partial charge in [-0.15, -0.1) is 4.31 Å². The summed E-state index contributed by atoms with van der Waals surface area (Å²) < 4.78 is 26.6. The summed E-state index contributed by atoms with van der Waals surface area (Å²) in [5, 5.41) is 4.64. The van der Waals surface area contributed by atoms with Gasteiger partial charge in [0.2, 0.25) is 10.1 Å². The number of fused-ring (bicyclic) bond motifs is 1. The van der Waals surface area contributed by atoms with Gasteiger partial charge in [0.25, 0.3) is 0 Å². The smallest absolute Gasteiger partial charge is 0.233 e. The highest BCUT2D eigenvalue weighted by molar-refractivity contribution is 7.97. The number of thiophene rings is 1. The highest BCUT2D eigenvalue weighted by atomic mass is 32.3. The topological polar surface area (TPSA) is 72.5 Å². The first-order chi connectivity index (χ1) is 10.5. The summed E-state index contributed by atoms with van der Waals surface area (Å²) in [4.78, 5) is 12.4. The zero-order valence-electron chi connectivity index (χ0n) is 11.7. The number of sulfonamides is 1. The van der Waals surface area contributed by atoms with Crippen LogP contribution in [0.15, 0.2) is 46.0 Å². The third kappa shape index (κ3) is 1.97. The largest absolute Gasteiger partial charge is 0.592 e. The van der Waals surface area contributed by atoms with Gasteiger partial charge in [0.05, 0.1) is 18.5 Å². The Morgan fingerprint density at radius 2 is 2.00 bits per heavy atom. The number of anilines is 1. The van der Waals surface area contributed by atoms with Crippen molar-refractivity contribution in [1.82, 2.24) is 4.31 Å². The number of carbonyl (C=O) groups is 1. The summed E-state index contributed by atoms with van der Waals surface area (Å²) in [6.07, 6.45) is 0.589. The quantitative estimate of drug-likeness (QED) is 0.855. The van der Waals surface area contributed by atoms with Crippen LogP contribution in [0.2, 0.25) is 0 Å². The molecule has 5 nitrogen and oxygen atoms in total. The van der Waals surface area contributed by atoms with Gasteiger partial charge in [0, 0.05) is 11.8 Å². The van der Waals surface area contributed by atoms with Crippen LogP contribution in [0.4, 0.5) is 5.69 Å². The number of rotatable bonds is 2. The zero-order chi connectivity index (χ0) is 15.4. The number of amides is 1. The molecular weight excluding hydrogens is 320 g/mol. The van der Waals surface area contributed by atoms with Crippen molar-refractivity contribution >= 4 is 33.3 Å². The first-order valence-corrected chi connectivity index (χ1v) is 9.26. The Kier molecular flexibility index (Phi) is 3.02. The molecule has 3 heterocycles. The number of hydrogen-bond acceptors (Lipinski definition) is 4. The maximum absolute atomic E-state index is 12.5. The summed E-state index contributed by atoms with van der Waals surface area (Å²) in [5.74, 6) is -0.0798. The summed E-state index contributed by atoms with van der Waals surface area (Å²) in [6.45, 7) is 0.487. The summed E-state index contributed by atoms with van der Waals surface area (Å²) in [5.41, 5.74) is 1.27. The van der Waals surface area contributed by atoms with Gasteiger partial charge in [-0.05, 0) is 29.5 Å². The molecule has 1 atom stereocenters. The Bertz CT molecular complexity index is 782. The van der Waals surface area contributed by atoms with Crippen LogP contribution in [0, 0.1) is 5.41 Å². The lowest BCUT2D eigenvalue weighted by molar-refractivity contribution is -0.132. The van der Waals surface area contributed by atoms with Crippen molar-refractivity contribution in [3.05, 3.63) is 47.3 Å². The minimum Gasteiger partial charge on any atom is -0.592 e. The molecule has 2 aromatic rings. The van der Waals surface area contributed by atoms with Crippen molar-refractivity contribution < 1.29 is 13.6 Å². The second kappa shape index (κ2) is 4.73. The van der Waals surface area contributed by atoms with E-state index in [4.69, 9.17) is 0 Å². The van der Waals surface area contributed by atoms with Gasteiger partial charge < -0.3 is 9.87 Å². The molecule has 1 aromatic carbocycles. The van der Waals surface area contributed by atoms with E-state index in [0.29, 0.717) is 10.6 Å². The minimum atomic E-state index is -3.46. The van der Waals surface area contributed by atoms with Gasteiger partial charge in [0.15, 0.2) is 10.4 Å². The lowest BCUT2D eigenvalue weighted by Gasteiger charge is -2.49. The Labute approximate surface area is 133 Å². The van der Waals surface area contributed by atoms with Crippen molar-refractivity contribution in [1.29, 1.82) is 0 Å². The maximum Gasteiger partial charge on any atom is 0.233 e. The van der Waals surface area contributed by atoms with E-state index < -0.39 is 15.8 Å². The van der Waals surface area contributed by atoms with Crippen LogP contribution >= 0.6 is 11.3 Å². The Morgan fingerprint density at radius 1 is 1.23 bits per heavy atom. The monoisotopic (exact) mass is 334 g/mol. The fourth-order valence-electron chi connectivity index (χ4n) is 3.09. The van der Waals surface area contributed by atoms with Gasteiger partial charge in [-0.2, -0.15) is 0 Å². The van der Waals surface area contributed by atoms with Crippen molar-refractivity contribution in [3.8, 4) is 0 Å². The van der Waals surface area contributed by atoms with E-state index in [1.54, 1.807) is 17.5 Å². The van der Waals surface area contributed by atoms with E-state index in [9.17, 15) is 13.6 Å². The molecule has 1 amide bonds. The highest BCUT2D eigenvalue weighted by Crippen LogP contribution is 2.44. The van der Waals surface area contributed by atoms with Gasteiger partial charge in [-0.1, -0.05) is 33.7 Å². The van der Waals surface area contributed by atoms with Crippen LogP contribution < -0.4 is 5.32 Å². The lowest BCUT2D eigenvalue weighted by atomic mass is 9.73. The maximum atomic E-state index is 12.5. The molecule has 0 bridgehead atoms. The second-order valence-electron chi connectivity index (χ2n) is 5.77. The fourth-order valence-corrected chi connectivity index (χ4v) is 5.84. The molecule has 1 unspecified atom stereocenters. The summed E-state index contributed by atoms with van der Waals surface area (Å²) >= 11 is 1.20. The van der Waals surface area contributed by atoms with Crippen LogP contribution in [0.3, 0.4) is 0 Å². The van der Waals surface area contributed by atoms with Gasteiger partial charge in [0.1, 0.15) is 0 Å². The molecule has 1 aromatic heterocycles. The second-order valence-corrected chi connectivity index (χ2v) is 8.89. The number of nitrogens with zero attached hydrogens (tertiary/aromatic N) is 1. The Morgan fingerprint density at radius 3 is 2.73 bits per heavy atom. The van der Waals surface area contributed by atoms with E-state index in [1.807, 2.05) is 24.3 Å². The fraction of sp³-hybridized carbons (Fsp3) is 0.267. The Balaban J connectivity index is 1.58. The third-order valence-electron chi connectivity index (χ3n) is 4.32. The predicted molar refractivity (Wildman–Crippen MR) is 84.2 cm³/mol. The molecule has 2 aliphatic heterocycles. The predicted octanol–water partition coefficient (Wildman–Crippen LogP) is 2.15. The first kappa shape index (κ1) is 14.1. The highest BCUT2D eigenvalue weighted by Gasteiger charge is 2.57. The van der Waals surface area contributed by atoms with E-state index in [2.05, 4.69) is 5.32 Å². The average Bonchev–Trinajstić information content (AvgIpc) is 2.99. The van der Waals surface area contributed by atoms with Crippen molar-refractivity contribution in [2.45, 2.75) is 10.6 Å². The molecule has 0 radical (unpaired) electrons. The van der Waals surface area contributed by atoms with Crippen LogP contribution in [-0.4, -0.2) is 27.9 Å². The molecule has 1 spiro atoms. The molecule has 7 heteroatoms. The van der Waals surface area contributed by atoms with Crippen molar-refractivity contribution in [2.24, 2.45) is 5.41 Å². The first-order valence-electron chi connectivity index (χ1n) is 6.94. The molecular formula is C15H14N2O3S2. The van der Waals surface area contributed by atoms with Crippen LogP contribution in [0.5, 0.6) is 0 Å². The van der Waals surface area contributed by atoms with E-state index in [0.717, 1.165) is 11.3 Å². The molecule has 114 valence electrons. The minimum absolute atomic E-state index is 0.0798. The van der Waals surface area contributed by atoms with E-state index in [-0.39, 0.29) is 19.0 Å². The van der Waals surface area contributed by atoms with Gasteiger partial charge in [-0.3, -0.25) is 4.79 Å². The third-order valence-corrected chi connectivity index (χ3v) is 7.49. The number of carbonyl (C=O) groups excluding carboxylic acids is 1. The molecule has 0 saturated carbocycles. The van der Waals surface area contributed by atoms with Crippen LogP contribution in [-0.2, 0) is 25.8 Å². The molecule has 0 aliphatic carbocycles. The molecule has 2 aliphatic rings. The van der Waals surface area contributed by atoms with Gasteiger partial charge >= 0.3 is 0 Å². The summed E-state index contributed by atoms with van der Waals surface area (Å²) in [7, 11) is -3.46. The van der Waals surface area contributed by atoms with Crippen molar-refractivity contribution in [3.63, 3.8) is 0 Å². The lowest BCUT2D eigenvalue weighted by Crippen LogP contribution is -2.66. The molecule has 22 heavy (non-hydrogen) atoms. The molecule has 4 rings (SSSR count). The SMILES string of the molecule is O=C1Nc2ccccc2CC12CN([S+](=O)([O-])c1cccs1)C2. The molecule has 1 saturated heterocycles. The van der Waals surface area contributed by atoms with Crippen LogP contribution in [0.25, 0.3) is 0 Å². The molecule has 1 N–H and O–H groups in total. The number of para-hydroxylation sites is 1. The van der Waals surface area contributed by atoms with E-state index >= 15 is 0 Å². The standard InChI is InChI=1S/C15H14N2O3S2/c18-14-15(8-11-4-1-2-5-12(11)16-14)9-17(10-15)22(19,20)13-6-3-7-21-13/h1-7H,8-10H2,(H-,16,18,19,20). The normalized spacial score (nSPS) is 22.5. The number of benzene rings is 1. The average molecular weight is 334 g/mol. The van der Waals surface area contributed by atoms with Gasteiger partial charge in [-0.25, -0.2) is 0 Å². The number of hydrogen-bond donors (Lipinski definition) is 1. The van der Waals surface area contributed by atoms with E-state index in [1.165, 1.54) is 15.6 Å². The van der Waals surface area contributed by atoms with Crippen LogP contribution in [0.1, 0.15) is 5.56 Å². The molecule has 1 fully saturated rings. The Hall–Kier alpha value is -1.54. The van der Waals surface area contributed by atoms with Crippen molar-refractivity contribution in [2.75, 3.05) is 18.4 Å². The zero-order valence-corrected chi connectivity index (χ0v) is 13.3.